The van der Waals surface area contributed by atoms with Crippen molar-refractivity contribution < 1.29 is 0 Å². The maximum Gasteiger partial charge on any atom is 0.0734 e. The summed E-state index contributed by atoms with van der Waals surface area (Å²) in [5.74, 6) is 0. The van der Waals surface area contributed by atoms with E-state index in [-0.39, 0.29) is 0 Å². The highest BCUT2D eigenvalue weighted by molar-refractivity contribution is 7.19. The van der Waals surface area contributed by atoms with Gasteiger partial charge in [0.05, 0.1) is 5.41 Å². The fraction of sp³-hybridized carbons (Fsp3) is 0.0400. The molecule has 0 nitrogen and oxygen atoms in total. The SMILES string of the molecule is Cc1ccc(-c2c3ccccc3c(-c3cccc4c3-c3ccccc3C43c4ccccc4-c4sc(-c5ccccc5)cc43)c3ccccc23)cc1. The van der Waals surface area contributed by atoms with Crippen LogP contribution in [0.15, 0.2) is 176 Å². The van der Waals surface area contributed by atoms with Gasteiger partial charge in [0.1, 0.15) is 0 Å². The van der Waals surface area contributed by atoms with Crippen LogP contribution in [0.25, 0.3) is 75.8 Å². The summed E-state index contributed by atoms with van der Waals surface area (Å²) in [5.41, 5.74) is 16.9. The van der Waals surface area contributed by atoms with Crippen molar-refractivity contribution in [1.82, 2.24) is 0 Å². The summed E-state index contributed by atoms with van der Waals surface area (Å²) in [6.07, 6.45) is 0. The molecule has 0 aliphatic heterocycles. The second kappa shape index (κ2) is 10.7. The Morgan fingerprint density at radius 1 is 0.373 bits per heavy atom. The molecule has 0 N–H and O–H groups in total. The predicted octanol–water partition coefficient (Wildman–Crippen LogP) is 13.7. The van der Waals surface area contributed by atoms with Gasteiger partial charge in [-0.25, -0.2) is 0 Å². The Hall–Kier alpha value is -6.02. The van der Waals surface area contributed by atoms with E-state index in [1.165, 1.54) is 104 Å². The van der Waals surface area contributed by atoms with Crippen LogP contribution in [-0.4, -0.2) is 0 Å². The molecule has 0 bridgehead atoms. The van der Waals surface area contributed by atoms with Gasteiger partial charge in [0.25, 0.3) is 0 Å². The lowest BCUT2D eigenvalue weighted by Gasteiger charge is -2.30. The zero-order chi connectivity index (χ0) is 33.7. The highest BCUT2D eigenvalue weighted by Crippen LogP contribution is 2.66. The third kappa shape index (κ3) is 3.84. The Morgan fingerprint density at radius 2 is 0.902 bits per heavy atom. The number of thiophene rings is 1. The number of hydrogen-bond acceptors (Lipinski definition) is 1. The minimum Gasteiger partial charge on any atom is -0.135 e. The van der Waals surface area contributed by atoms with E-state index >= 15 is 0 Å². The maximum atomic E-state index is 2.50. The zero-order valence-corrected chi connectivity index (χ0v) is 29.0. The van der Waals surface area contributed by atoms with Crippen molar-refractivity contribution in [2.45, 2.75) is 12.3 Å². The van der Waals surface area contributed by atoms with Crippen LogP contribution in [0.3, 0.4) is 0 Å². The van der Waals surface area contributed by atoms with Crippen molar-refractivity contribution in [2.24, 2.45) is 0 Å². The second-order valence-electron chi connectivity index (χ2n) is 14.0. The monoisotopic (exact) mass is 664 g/mol. The first kappa shape index (κ1) is 28.8. The van der Waals surface area contributed by atoms with E-state index in [4.69, 9.17) is 0 Å². The molecule has 0 saturated carbocycles. The number of hydrogen-bond donors (Lipinski definition) is 0. The van der Waals surface area contributed by atoms with Crippen LogP contribution in [0.4, 0.5) is 0 Å². The molecule has 11 rings (SSSR count). The molecule has 0 saturated heterocycles. The van der Waals surface area contributed by atoms with Crippen molar-refractivity contribution in [2.75, 3.05) is 0 Å². The van der Waals surface area contributed by atoms with E-state index in [0.29, 0.717) is 0 Å². The topological polar surface area (TPSA) is 0 Å². The molecule has 2 aliphatic rings. The minimum atomic E-state index is -0.398. The van der Waals surface area contributed by atoms with Crippen molar-refractivity contribution in [3.8, 4) is 54.3 Å². The Kier molecular flexibility index (Phi) is 6.06. The van der Waals surface area contributed by atoms with Gasteiger partial charge in [0.2, 0.25) is 0 Å². The normalized spacial score (nSPS) is 15.2. The molecule has 9 aromatic rings. The van der Waals surface area contributed by atoms with Crippen LogP contribution in [-0.2, 0) is 5.41 Å². The molecule has 1 heteroatoms. The molecule has 1 spiro atoms. The standard InChI is InChI=1S/C50H32S/c1-31-26-28-33(29-27-31)46-34-16-5-7-18-36(34)47(37-19-8-6-17-35(37)46)40-22-13-25-43-48(40)38-20-9-11-23-41(38)50(43)42-24-12-10-21-39(42)49-44(50)30-45(51-49)32-14-3-2-4-15-32/h2-30H,1H3. The molecule has 1 atom stereocenters. The van der Waals surface area contributed by atoms with Gasteiger partial charge >= 0.3 is 0 Å². The number of fused-ring (bicyclic) bond motifs is 12. The van der Waals surface area contributed by atoms with Crippen LogP contribution < -0.4 is 0 Å². The summed E-state index contributed by atoms with van der Waals surface area (Å²) in [5, 5.41) is 5.14. The van der Waals surface area contributed by atoms with Crippen molar-refractivity contribution in [3.63, 3.8) is 0 Å². The fourth-order valence-corrected chi connectivity index (χ4v) is 10.6. The first-order valence-corrected chi connectivity index (χ1v) is 18.6. The quantitative estimate of drug-likeness (QED) is 0.165. The van der Waals surface area contributed by atoms with E-state index in [0.717, 1.165) is 0 Å². The van der Waals surface area contributed by atoms with Crippen molar-refractivity contribution in [3.05, 3.63) is 204 Å². The molecular formula is C50H32S. The molecule has 1 aromatic heterocycles. The highest BCUT2D eigenvalue weighted by atomic mass is 32.1. The maximum absolute atomic E-state index is 2.50. The molecular weight excluding hydrogens is 633 g/mol. The van der Waals surface area contributed by atoms with Crippen LogP contribution in [0.1, 0.15) is 27.8 Å². The van der Waals surface area contributed by atoms with Gasteiger partial charge in [0, 0.05) is 9.75 Å². The van der Waals surface area contributed by atoms with Gasteiger partial charge in [-0.1, -0.05) is 175 Å². The molecule has 0 radical (unpaired) electrons. The largest absolute Gasteiger partial charge is 0.135 e. The van der Waals surface area contributed by atoms with E-state index in [1.807, 2.05) is 11.3 Å². The lowest BCUT2D eigenvalue weighted by Crippen LogP contribution is -2.25. The van der Waals surface area contributed by atoms with Gasteiger partial charge in [-0.3, -0.25) is 0 Å². The molecule has 238 valence electrons. The van der Waals surface area contributed by atoms with Crippen molar-refractivity contribution in [1.29, 1.82) is 0 Å². The summed E-state index contributed by atoms with van der Waals surface area (Å²) >= 11 is 1.93. The van der Waals surface area contributed by atoms with Gasteiger partial charge in [-0.15, -0.1) is 11.3 Å². The third-order valence-corrected chi connectivity index (χ3v) is 12.6. The fourth-order valence-electron chi connectivity index (χ4n) is 9.33. The van der Waals surface area contributed by atoms with E-state index < -0.39 is 5.41 Å². The highest BCUT2D eigenvalue weighted by Gasteiger charge is 2.53. The molecule has 2 aliphatic carbocycles. The summed E-state index contributed by atoms with van der Waals surface area (Å²) in [6.45, 7) is 2.16. The summed E-state index contributed by atoms with van der Waals surface area (Å²) < 4.78 is 0. The van der Waals surface area contributed by atoms with Crippen LogP contribution in [0.5, 0.6) is 0 Å². The molecule has 0 amide bonds. The average molecular weight is 665 g/mol. The number of rotatable bonds is 3. The molecule has 0 fully saturated rings. The summed E-state index contributed by atoms with van der Waals surface area (Å²) in [4.78, 5) is 2.70. The average Bonchev–Trinajstić information content (AvgIpc) is 3.84. The zero-order valence-electron chi connectivity index (χ0n) is 28.2. The number of benzene rings is 8. The Bertz CT molecular complexity index is 2800. The van der Waals surface area contributed by atoms with E-state index in [2.05, 4.69) is 183 Å². The Labute approximate surface area is 301 Å². The summed E-state index contributed by atoms with van der Waals surface area (Å²) in [6, 6.07) is 65.9. The molecule has 1 unspecified atom stereocenters. The first-order valence-electron chi connectivity index (χ1n) is 17.8. The molecule has 1 heterocycles. The minimum absolute atomic E-state index is 0.398. The van der Waals surface area contributed by atoms with Gasteiger partial charge < -0.3 is 0 Å². The van der Waals surface area contributed by atoms with Crippen LogP contribution in [0, 0.1) is 6.92 Å². The Balaban J connectivity index is 1.26. The Morgan fingerprint density at radius 3 is 1.59 bits per heavy atom. The second-order valence-corrected chi connectivity index (χ2v) is 15.0. The lowest BCUT2D eigenvalue weighted by atomic mass is 9.70. The molecule has 51 heavy (non-hydrogen) atoms. The van der Waals surface area contributed by atoms with Crippen LogP contribution in [0.2, 0.25) is 0 Å². The van der Waals surface area contributed by atoms with Gasteiger partial charge in [-0.2, -0.15) is 0 Å². The third-order valence-electron chi connectivity index (χ3n) is 11.4. The van der Waals surface area contributed by atoms with Crippen molar-refractivity contribution >= 4 is 32.9 Å². The van der Waals surface area contributed by atoms with Crippen LogP contribution >= 0.6 is 11.3 Å². The van der Waals surface area contributed by atoms with E-state index in [9.17, 15) is 0 Å². The van der Waals surface area contributed by atoms with E-state index in [1.54, 1.807) is 0 Å². The van der Waals surface area contributed by atoms with Gasteiger partial charge in [-0.05, 0) is 101 Å². The number of aryl methyl sites for hydroxylation is 1. The molecule has 8 aromatic carbocycles. The first-order chi connectivity index (χ1) is 25.2. The summed E-state index contributed by atoms with van der Waals surface area (Å²) in [7, 11) is 0. The van der Waals surface area contributed by atoms with Gasteiger partial charge in [0.15, 0.2) is 0 Å². The lowest BCUT2D eigenvalue weighted by molar-refractivity contribution is 0.796. The smallest absolute Gasteiger partial charge is 0.0734 e. The predicted molar refractivity (Wildman–Crippen MR) is 217 cm³/mol.